The second kappa shape index (κ2) is 23.1. The summed E-state index contributed by atoms with van der Waals surface area (Å²) in [6.07, 6.45) is -4.76. The third kappa shape index (κ3) is 15.5. The predicted octanol–water partition coefficient (Wildman–Crippen LogP) is 4.85. The zero-order chi connectivity index (χ0) is 38.6. The smallest absolute Gasteiger partial charge is 0.305 e. The van der Waals surface area contributed by atoms with E-state index in [2.05, 4.69) is 6.92 Å². The van der Waals surface area contributed by atoms with Crippen molar-refractivity contribution in [1.82, 2.24) is 0 Å². The molecule has 3 aromatic carbocycles. The van der Waals surface area contributed by atoms with Crippen molar-refractivity contribution in [3.8, 4) is 0 Å². The van der Waals surface area contributed by atoms with Crippen LogP contribution >= 0.6 is 0 Å². The molecule has 1 fully saturated rings. The fourth-order valence-corrected chi connectivity index (χ4v) is 5.41. The SMILES string of the molecule is CC(=O)OC[C@H]1O[C@H](OC(C)=O)C(OC(C)=O)[C@H]1OC(C)=O.CCC(OCc1ccccc1)C(OCc1ccccc1)C(CO)OCc1ccccc1. The zero-order valence-electron chi connectivity index (χ0n) is 30.8. The third-order valence-corrected chi connectivity index (χ3v) is 7.82. The Kier molecular flexibility index (Phi) is 18.6. The van der Waals surface area contributed by atoms with Gasteiger partial charge in [-0.2, -0.15) is 0 Å². The van der Waals surface area contributed by atoms with Crippen LogP contribution in [0, 0.1) is 0 Å². The van der Waals surface area contributed by atoms with Gasteiger partial charge in [-0.25, -0.2) is 0 Å². The molecule has 1 heterocycles. The Morgan fingerprint density at radius 1 is 0.604 bits per heavy atom. The molecule has 13 heteroatoms. The monoisotopic (exact) mass is 738 g/mol. The molecule has 7 atom stereocenters. The standard InChI is InChI=1S/C27H32O4.C13H18O9/c1-2-25(29-19-22-12-6-3-7-13-22)27(31-21-24-16-10-5-11-17-24)26(18-28)30-20-23-14-8-4-9-15-23;1-6(14)18-5-10-11(19-7(2)15)12(20-8(3)16)13(22-10)21-9(4)17/h3-17,25-28H,2,18-21H2,1H3;10-13H,5H2,1-4H3/t;10-,11+,12?,13+/m.1/s1. The molecule has 1 aliphatic heterocycles. The average Bonchev–Trinajstić information content (AvgIpc) is 3.44. The van der Waals surface area contributed by atoms with Crippen molar-refractivity contribution in [2.75, 3.05) is 13.2 Å². The van der Waals surface area contributed by atoms with Crippen molar-refractivity contribution in [2.24, 2.45) is 0 Å². The summed E-state index contributed by atoms with van der Waals surface area (Å²) in [4.78, 5) is 44.4. The summed E-state index contributed by atoms with van der Waals surface area (Å²) in [6, 6.07) is 30.1. The lowest BCUT2D eigenvalue weighted by atomic mass is 10.0. The maximum Gasteiger partial charge on any atom is 0.305 e. The Hall–Kier alpha value is -4.66. The highest BCUT2D eigenvalue weighted by Gasteiger charge is 2.51. The van der Waals surface area contributed by atoms with Crippen molar-refractivity contribution < 1.29 is 62.2 Å². The molecule has 1 aliphatic rings. The molecule has 13 nitrogen and oxygen atoms in total. The van der Waals surface area contributed by atoms with Crippen molar-refractivity contribution >= 4 is 23.9 Å². The molecule has 4 unspecified atom stereocenters. The number of aliphatic hydroxyl groups excluding tert-OH is 1. The van der Waals surface area contributed by atoms with E-state index in [-0.39, 0.29) is 19.3 Å². The number of hydrogen-bond acceptors (Lipinski definition) is 13. The number of carbonyl (C=O) groups excluding carboxylic acids is 4. The number of benzene rings is 3. The van der Waals surface area contributed by atoms with Crippen LogP contribution in [0.3, 0.4) is 0 Å². The lowest BCUT2D eigenvalue weighted by Gasteiger charge is -2.32. The lowest BCUT2D eigenvalue weighted by molar-refractivity contribution is -0.197. The maximum absolute atomic E-state index is 11.2. The summed E-state index contributed by atoms with van der Waals surface area (Å²) in [7, 11) is 0. The van der Waals surface area contributed by atoms with E-state index in [1.54, 1.807) is 0 Å². The summed E-state index contributed by atoms with van der Waals surface area (Å²) in [5.41, 5.74) is 3.24. The van der Waals surface area contributed by atoms with E-state index >= 15 is 0 Å². The van der Waals surface area contributed by atoms with E-state index in [4.69, 9.17) is 37.9 Å². The van der Waals surface area contributed by atoms with E-state index in [0.29, 0.717) is 19.8 Å². The van der Waals surface area contributed by atoms with Gasteiger partial charge in [0.15, 0.2) is 6.10 Å². The van der Waals surface area contributed by atoms with E-state index in [1.807, 2.05) is 91.0 Å². The Morgan fingerprint density at radius 2 is 1.04 bits per heavy atom. The molecule has 53 heavy (non-hydrogen) atoms. The minimum Gasteiger partial charge on any atom is -0.463 e. The van der Waals surface area contributed by atoms with Crippen molar-refractivity contribution in [3.63, 3.8) is 0 Å². The van der Waals surface area contributed by atoms with E-state index < -0.39 is 60.7 Å². The van der Waals surface area contributed by atoms with Crippen LogP contribution in [0.25, 0.3) is 0 Å². The molecule has 0 aromatic heterocycles. The molecule has 0 radical (unpaired) electrons. The van der Waals surface area contributed by atoms with Crippen LogP contribution in [0.5, 0.6) is 0 Å². The first-order valence-electron chi connectivity index (χ1n) is 17.4. The Labute approximate surface area is 310 Å². The Bertz CT molecular complexity index is 1470. The molecular formula is C40H50O13. The first-order valence-corrected chi connectivity index (χ1v) is 17.4. The van der Waals surface area contributed by atoms with Gasteiger partial charge in [-0.1, -0.05) is 97.9 Å². The molecule has 4 rings (SSSR count). The summed E-state index contributed by atoms with van der Waals surface area (Å²) in [5.74, 6) is -2.56. The fraction of sp³-hybridized carbons (Fsp3) is 0.450. The van der Waals surface area contributed by atoms with Crippen LogP contribution in [0.1, 0.15) is 57.7 Å². The highest BCUT2D eigenvalue weighted by molar-refractivity contribution is 5.68. The van der Waals surface area contributed by atoms with E-state index in [0.717, 1.165) is 43.9 Å². The number of ether oxygens (including phenoxy) is 8. The maximum atomic E-state index is 11.2. The minimum atomic E-state index is -1.26. The number of aliphatic hydroxyl groups is 1. The van der Waals surface area contributed by atoms with Crippen molar-refractivity contribution in [1.29, 1.82) is 0 Å². The second-order valence-corrected chi connectivity index (χ2v) is 12.1. The summed E-state index contributed by atoms with van der Waals surface area (Å²) < 4.78 is 43.8. The quantitative estimate of drug-likeness (QED) is 0.139. The van der Waals surface area contributed by atoms with Gasteiger partial charge >= 0.3 is 23.9 Å². The number of hydrogen-bond donors (Lipinski definition) is 1. The van der Waals surface area contributed by atoms with Gasteiger partial charge < -0.3 is 43.0 Å². The molecular weight excluding hydrogens is 688 g/mol. The number of esters is 4. The molecule has 1 saturated heterocycles. The van der Waals surface area contributed by atoms with Gasteiger partial charge in [0.25, 0.3) is 0 Å². The molecule has 0 spiro atoms. The summed E-state index contributed by atoms with van der Waals surface area (Å²) >= 11 is 0. The number of carbonyl (C=O) groups is 4. The molecule has 288 valence electrons. The van der Waals surface area contributed by atoms with Gasteiger partial charge in [-0.15, -0.1) is 0 Å². The molecule has 3 aromatic rings. The normalized spacial score (nSPS) is 19.4. The average molecular weight is 739 g/mol. The van der Waals surface area contributed by atoms with E-state index in [9.17, 15) is 24.3 Å². The van der Waals surface area contributed by atoms with Crippen LogP contribution in [-0.4, -0.2) is 85.1 Å². The zero-order valence-corrected chi connectivity index (χ0v) is 30.8. The highest BCUT2D eigenvalue weighted by Crippen LogP contribution is 2.28. The molecule has 0 amide bonds. The predicted molar refractivity (Wildman–Crippen MR) is 191 cm³/mol. The topological polar surface area (TPSA) is 162 Å². The van der Waals surface area contributed by atoms with Crippen molar-refractivity contribution in [3.05, 3.63) is 108 Å². The largest absolute Gasteiger partial charge is 0.463 e. The third-order valence-electron chi connectivity index (χ3n) is 7.82. The molecule has 0 bridgehead atoms. The van der Waals surface area contributed by atoms with Crippen LogP contribution < -0.4 is 0 Å². The first-order chi connectivity index (χ1) is 25.5. The van der Waals surface area contributed by atoms with E-state index in [1.165, 1.54) is 6.92 Å². The Balaban J connectivity index is 0.000000304. The van der Waals surface area contributed by atoms with Gasteiger partial charge in [-0.05, 0) is 23.1 Å². The summed E-state index contributed by atoms with van der Waals surface area (Å²) in [6.45, 7) is 7.66. The van der Waals surface area contributed by atoms with Gasteiger partial charge in [0.2, 0.25) is 12.4 Å². The first kappa shape index (κ1) is 42.8. The highest BCUT2D eigenvalue weighted by atomic mass is 16.8. The van der Waals surface area contributed by atoms with Crippen LogP contribution in [0.15, 0.2) is 91.0 Å². The lowest BCUT2D eigenvalue weighted by Crippen LogP contribution is -2.44. The van der Waals surface area contributed by atoms with Gasteiger partial charge in [0, 0.05) is 27.7 Å². The molecule has 0 saturated carbocycles. The van der Waals surface area contributed by atoms with Crippen LogP contribution in [0.2, 0.25) is 0 Å². The summed E-state index contributed by atoms with van der Waals surface area (Å²) in [5, 5.41) is 10.1. The van der Waals surface area contributed by atoms with Crippen molar-refractivity contribution in [2.45, 2.75) is 104 Å². The fourth-order valence-electron chi connectivity index (χ4n) is 5.41. The van der Waals surface area contributed by atoms with Gasteiger partial charge in [0.1, 0.15) is 24.9 Å². The second-order valence-electron chi connectivity index (χ2n) is 12.1. The van der Waals surface area contributed by atoms with Crippen LogP contribution in [0.4, 0.5) is 0 Å². The number of rotatable bonds is 18. The molecule has 1 N–H and O–H groups in total. The van der Waals surface area contributed by atoms with Gasteiger partial charge in [-0.3, -0.25) is 19.2 Å². The molecule has 0 aliphatic carbocycles. The van der Waals surface area contributed by atoms with Crippen LogP contribution in [-0.2, 0) is 76.9 Å². The van der Waals surface area contributed by atoms with Gasteiger partial charge in [0.05, 0.1) is 32.5 Å². The Morgan fingerprint density at radius 3 is 1.45 bits per heavy atom. The minimum absolute atomic E-state index is 0.141.